The second-order valence-corrected chi connectivity index (χ2v) is 6.64. The standard InChI is InChI=1S/C15H27N3OS/c1-3-18(4-2)15-17-10-14(20-15)9-16-8-12-6-5-7-13(12)11-19/h10,12-13,16,19H,3-9,11H2,1-2H3. The van der Waals surface area contributed by atoms with Crippen LogP contribution in [-0.4, -0.2) is 36.3 Å². The summed E-state index contributed by atoms with van der Waals surface area (Å²) in [6.45, 7) is 8.61. The number of nitrogens with zero attached hydrogens (tertiary/aromatic N) is 2. The topological polar surface area (TPSA) is 48.4 Å². The highest BCUT2D eigenvalue weighted by Crippen LogP contribution is 2.30. The van der Waals surface area contributed by atoms with E-state index >= 15 is 0 Å². The van der Waals surface area contributed by atoms with E-state index in [1.807, 2.05) is 6.20 Å². The summed E-state index contributed by atoms with van der Waals surface area (Å²) in [6.07, 6.45) is 5.70. The van der Waals surface area contributed by atoms with Crippen LogP contribution in [0.25, 0.3) is 0 Å². The first-order valence-electron chi connectivity index (χ1n) is 7.79. The van der Waals surface area contributed by atoms with Gasteiger partial charge in [-0.3, -0.25) is 0 Å². The molecule has 5 heteroatoms. The molecule has 0 amide bonds. The number of rotatable bonds is 8. The van der Waals surface area contributed by atoms with E-state index in [-0.39, 0.29) is 0 Å². The number of aromatic nitrogens is 1. The predicted octanol–water partition coefficient (Wildman–Crippen LogP) is 2.49. The average Bonchev–Trinajstić information content (AvgIpc) is 3.10. The molecule has 0 aromatic carbocycles. The molecule has 4 nitrogen and oxygen atoms in total. The molecule has 2 rings (SSSR count). The molecule has 0 radical (unpaired) electrons. The molecule has 2 unspecified atom stereocenters. The van der Waals surface area contributed by atoms with Gasteiger partial charge in [0.15, 0.2) is 5.13 Å². The second kappa shape index (κ2) is 7.96. The third kappa shape index (κ3) is 3.93. The molecule has 2 atom stereocenters. The van der Waals surface area contributed by atoms with Crippen LogP contribution in [-0.2, 0) is 6.54 Å². The van der Waals surface area contributed by atoms with Crippen molar-refractivity contribution in [2.24, 2.45) is 11.8 Å². The highest BCUT2D eigenvalue weighted by atomic mass is 32.1. The van der Waals surface area contributed by atoms with Crippen molar-refractivity contribution in [3.8, 4) is 0 Å². The zero-order valence-corrected chi connectivity index (χ0v) is 13.5. The Balaban J connectivity index is 1.77. The lowest BCUT2D eigenvalue weighted by Crippen LogP contribution is -2.26. The number of hydrogen-bond acceptors (Lipinski definition) is 5. The first-order valence-corrected chi connectivity index (χ1v) is 8.61. The Morgan fingerprint density at radius 1 is 1.35 bits per heavy atom. The van der Waals surface area contributed by atoms with Gasteiger partial charge in [-0.15, -0.1) is 11.3 Å². The van der Waals surface area contributed by atoms with E-state index in [2.05, 4.69) is 29.0 Å². The van der Waals surface area contributed by atoms with Gasteiger partial charge in [0, 0.05) is 37.3 Å². The van der Waals surface area contributed by atoms with E-state index in [0.29, 0.717) is 18.4 Å². The molecule has 20 heavy (non-hydrogen) atoms. The van der Waals surface area contributed by atoms with Gasteiger partial charge < -0.3 is 15.3 Å². The van der Waals surface area contributed by atoms with Crippen LogP contribution >= 0.6 is 11.3 Å². The molecule has 0 aliphatic heterocycles. The monoisotopic (exact) mass is 297 g/mol. The molecule has 1 aliphatic carbocycles. The van der Waals surface area contributed by atoms with E-state index < -0.39 is 0 Å². The summed E-state index contributed by atoms with van der Waals surface area (Å²) in [5.74, 6) is 1.16. The van der Waals surface area contributed by atoms with Crippen LogP contribution in [0.1, 0.15) is 38.0 Å². The minimum Gasteiger partial charge on any atom is -0.396 e. The normalized spacial score (nSPS) is 22.4. The first-order chi connectivity index (χ1) is 9.78. The summed E-state index contributed by atoms with van der Waals surface area (Å²) in [4.78, 5) is 8.09. The van der Waals surface area contributed by atoms with Gasteiger partial charge in [-0.1, -0.05) is 6.42 Å². The molecule has 2 N–H and O–H groups in total. The maximum absolute atomic E-state index is 9.33. The summed E-state index contributed by atoms with van der Waals surface area (Å²) >= 11 is 1.78. The molecule has 0 saturated heterocycles. The van der Waals surface area contributed by atoms with Gasteiger partial charge in [0.1, 0.15) is 0 Å². The third-order valence-electron chi connectivity index (χ3n) is 4.33. The maximum Gasteiger partial charge on any atom is 0.185 e. The quantitative estimate of drug-likeness (QED) is 0.774. The Kier molecular flexibility index (Phi) is 6.26. The van der Waals surface area contributed by atoms with Gasteiger partial charge in [0.05, 0.1) is 0 Å². The SMILES string of the molecule is CCN(CC)c1ncc(CNCC2CCCC2CO)s1. The molecule has 0 bridgehead atoms. The van der Waals surface area contributed by atoms with Crippen LogP contribution in [0.3, 0.4) is 0 Å². The summed E-state index contributed by atoms with van der Waals surface area (Å²) in [5, 5.41) is 14.0. The number of aliphatic hydroxyl groups excluding tert-OH is 1. The summed E-state index contributed by atoms with van der Waals surface area (Å²) < 4.78 is 0. The van der Waals surface area contributed by atoms with E-state index in [1.54, 1.807) is 11.3 Å². The van der Waals surface area contributed by atoms with Gasteiger partial charge in [0.25, 0.3) is 0 Å². The molecule has 1 aliphatic rings. The molecule has 1 heterocycles. The highest BCUT2D eigenvalue weighted by Gasteiger charge is 2.25. The number of hydrogen-bond donors (Lipinski definition) is 2. The van der Waals surface area contributed by atoms with Crippen LogP contribution in [0.15, 0.2) is 6.20 Å². The van der Waals surface area contributed by atoms with Crippen molar-refractivity contribution < 1.29 is 5.11 Å². The molecular formula is C15H27N3OS. The summed E-state index contributed by atoms with van der Waals surface area (Å²) in [7, 11) is 0. The lowest BCUT2D eigenvalue weighted by atomic mass is 9.97. The fraction of sp³-hybridized carbons (Fsp3) is 0.800. The minimum absolute atomic E-state index is 0.346. The number of thiazole rings is 1. The molecule has 0 spiro atoms. The van der Waals surface area contributed by atoms with Crippen LogP contribution in [0.5, 0.6) is 0 Å². The molecule has 114 valence electrons. The zero-order valence-electron chi connectivity index (χ0n) is 12.6. The zero-order chi connectivity index (χ0) is 14.4. The van der Waals surface area contributed by atoms with Crippen molar-refractivity contribution in [1.82, 2.24) is 10.3 Å². The van der Waals surface area contributed by atoms with Gasteiger partial charge in [-0.25, -0.2) is 4.98 Å². The fourth-order valence-corrected chi connectivity index (χ4v) is 4.03. The minimum atomic E-state index is 0.346. The van der Waals surface area contributed by atoms with E-state index in [9.17, 15) is 5.11 Å². The Labute approximate surface area is 126 Å². The lowest BCUT2D eigenvalue weighted by molar-refractivity contribution is 0.192. The summed E-state index contributed by atoms with van der Waals surface area (Å²) in [5.41, 5.74) is 0. The number of nitrogens with one attached hydrogen (secondary N) is 1. The van der Waals surface area contributed by atoms with Gasteiger partial charge >= 0.3 is 0 Å². The predicted molar refractivity (Wildman–Crippen MR) is 85.3 cm³/mol. The summed E-state index contributed by atoms with van der Waals surface area (Å²) in [6, 6.07) is 0. The highest BCUT2D eigenvalue weighted by molar-refractivity contribution is 7.15. The van der Waals surface area contributed by atoms with Gasteiger partial charge in [0.2, 0.25) is 0 Å². The van der Waals surface area contributed by atoms with Gasteiger partial charge in [-0.05, 0) is 45.1 Å². The second-order valence-electron chi connectivity index (χ2n) is 5.55. The van der Waals surface area contributed by atoms with Crippen molar-refractivity contribution in [2.45, 2.75) is 39.7 Å². The van der Waals surface area contributed by atoms with E-state index in [4.69, 9.17) is 0 Å². The van der Waals surface area contributed by atoms with Crippen LogP contribution in [0.4, 0.5) is 5.13 Å². The molecule has 1 aromatic rings. The lowest BCUT2D eigenvalue weighted by Gasteiger charge is -2.17. The Bertz CT molecular complexity index is 392. The molecule has 1 saturated carbocycles. The van der Waals surface area contributed by atoms with Crippen LogP contribution in [0.2, 0.25) is 0 Å². The smallest absolute Gasteiger partial charge is 0.185 e. The van der Waals surface area contributed by atoms with Crippen LogP contribution < -0.4 is 10.2 Å². The number of anilines is 1. The van der Waals surface area contributed by atoms with Crippen molar-refractivity contribution in [3.05, 3.63) is 11.1 Å². The largest absolute Gasteiger partial charge is 0.396 e. The molecule has 1 fully saturated rings. The van der Waals surface area contributed by atoms with Crippen molar-refractivity contribution in [3.63, 3.8) is 0 Å². The third-order valence-corrected chi connectivity index (χ3v) is 5.39. The molecular weight excluding hydrogens is 270 g/mol. The Morgan fingerprint density at radius 2 is 2.10 bits per heavy atom. The van der Waals surface area contributed by atoms with E-state index in [1.165, 1.54) is 24.1 Å². The van der Waals surface area contributed by atoms with Crippen LogP contribution in [0, 0.1) is 11.8 Å². The Hall–Kier alpha value is -0.650. The van der Waals surface area contributed by atoms with Crippen molar-refractivity contribution >= 4 is 16.5 Å². The molecule has 1 aromatic heterocycles. The average molecular weight is 297 g/mol. The van der Waals surface area contributed by atoms with Gasteiger partial charge in [-0.2, -0.15) is 0 Å². The van der Waals surface area contributed by atoms with Crippen molar-refractivity contribution in [2.75, 3.05) is 31.1 Å². The Morgan fingerprint density at radius 3 is 2.80 bits per heavy atom. The number of aliphatic hydroxyl groups is 1. The first kappa shape index (κ1) is 15.7. The van der Waals surface area contributed by atoms with Crippen molar-refractivity contribution in [1.29, 1.82) is 0 Å². The fourth-order valence-electron chi connectivity index (χ4n) is 3.02. The maximum atomic E-state index is 9.33. The van der Waals surface area contributed by atoms with E-state index in [0.717, 1.165) is 31.3 Å².